The number of H-pyrrole nitrogens is 1. The van der Waals surface area contributed by atoms with E-state index in [-0.39, 0.29) is 5.69 Å². The second-order valence-electron chi connectivity index (χ2n) is 2.77. The quantitative estimate of drug-likeness (QED) is 0.750. The van der Waals surface area contributed by atoms with E-state index in [2.05, 4.69) is 10.2 Å². The lowest BCUT2D eigenvalue weighted by atomic mass is 10.2. The number of rotatable bonds is 4. The van der Waals surface area contributed by atoms with Crippen LogP contribution in [0.25, 0.3) is 0 Å². The fraction of sp³-hybridized carbons (Fsp3) is 0.500. The number of carbonyl (C=O) groups is 1. The molecule has 0 amide bonds. The van der Waals surface area contributed by atoms with Crippen molar-refractivity contribution < 1.29 is 14.3 Å². The Morgan fingerprint density at radius 1 is 1.69 bits per heavy atom. The number of aromatic carboxylic acids is 1. The Morgan fingerprint density at radius 3 is 2.85 bits per heavy atom. The molecular weight excluding hydrogens is 175 g/mol. The fourth-order valence-corrected chi connectivity index (χ4v) is 1.02. The standard InChI is InChI=1S/C8H11FN2O2/c1-2-3-4-5-6(9)7(8(12)13)11-10-5/h2-4H2,1H3,(H,10,11)(H,12,13). The van der Waals surface area contributed by atoms with Crippen LogP contribution in [0.15, 0.2) is 0 Å². The van der Waals surface area contributed by atoms with Gasteiger partial charge in [-0.15, -0.1) is 0 Å². The van der Waals surface area contributed by atoms with Crippen LogP contribution < -0.4 is 0 Å². The number of aromatic nitrogens is 2. The first-order chi connectivity index (χ1) is 6.16. The third kappa shape index (κ3) is 2.05. The van der Waals surface area contributed by atoms with E-state index in [0.29, 0.717) is 6.42 Å². The van der Waals surface area contributed by atoms with Gasteiger partial charge in [0.15, 0.2) is 11.5 Å². The van der Waals surface area contributed by atoms with Crippen LogP contribution in [0.3, 0.4) is 0 Å². The summed E-state index contributed by atoms with van der Waals surface area (Å²) >= 11 is 0. The molecule has 0 atom stereocenters. The highest BCUT2D eigenvalue weighted by Gasteiger charge is 2.17. The van der Waals surface area contributed by atoms with Gasteiger partial charge in [-0.25, -0.2) is 9.18 Å². The van der Waals surface area contributed by atoms with Gasteiger partial charge in [-0.2, -0.15) is 5.10 Å². The molecule has 1 aromatic rings. The van der Waals surface area contributed by atoms with Crippen LogP contribution >= 0.6 is 0 Å². The zero-order valence-electron chi connectivity index (χ0n) is 7.30. The number of hydrogen-bond acceptors (Lipinski definition) is 2. The molecule has 0 spiro atoms. The Hall–Kier alpha value is -1.39. The van der Waals surface area contributed by atoms with Crippen LogP contribution in [-0.4, -0.2) is 21.3 Å². The van der Waals surface area contributed by atoms with Gasteiger partial charge in [-0.3, -0.25) is 5.10 Å². The zero-order valence-corrected chi connectivity index (χ0v) is 7.30. The van der Waals surface area contributed by atoms with Gasteiger partial charge in [0.1, 0.15) is 0 Å². The molecule has 0 aliphatic carbocycles. The van der Waals surface area contributed by atoms with E-state index >= 15 is 0 Å². The lowest BCUT2D eigenvalue weighted by molar-refractivity contribution is 0.0685. The van der Waals surface area contributed by atoms with Gasteiger partial charge in [0.05, 0.1) is 5.69 Å². The van der Waals surface area contributed by atoms with E-state index in [1.165, 1.54) is 0 Å². The second-order valence-corrected chi connectivity index (χ2v) is 2.77. The van der Waals surface area contributed by atoms with Gasteiger partial charge in [0.25, 0.3) is 0 Å². The van der Waals surface area contributed by atoms with Crippen molar-refractivity contribution in [2.24, 2.45) is 0 Å². The van der Waals surface area contributed by atoms with E-state index in [1.807, 2.05) is 6.92 Å². The topological polar surface area (TPSA) is 66.0 Å². The molecule has 1 heterocycles. The van der Waals surface area contributed by atoms with Crippen molar-refractivity contribution in [2.45, 2.75) is 26.2 Å². The molecule has 0 unspecified atom stereocenters. The number of aryl methyl sites for hydroxylation is 1. The first kappa shape index (κ1) is 9.70. The van der Waals surface area contributed by atoms with Crippen LogP contribution in [0.2, 0.25) is 0 Å². The largest absolute Gasteiger partial charge is 0.476 e. The predicted octanol–water partition coefficient (Wildman–Crippen LogP) is 1.59. The molecule has 13 heavy (non-hydrogen) atoms. The van der Waals surface area contributed by atoms with Crippen LogP contribution in [-0.2, 0) is 6.42 Å². The number of carboxylic acid groups (broad SMARTS) is 1. The van der Waals surface area contributed by atoms with E-state index in [0.717, 1.165) is 12.8 Å². The van der Waals surface area contributed by atoms with Crippen molar-refractivity contribution in [2.75, 3.05) is 0 Å². The zero-order chi connectivity index (χ0) is 9.84. The predicted molar refractivity (Wildman–Crippen MR) is 44.1 cm³/mol. The van der Waals surface area contributed by atoms with E-state index < -0.39 is 17.5 Å². The van der Waals surface area contributed by atoms with Gasteiger partial charge in [0.2, 0.25) is 0 Å². The van der Waals surface area contributed by atoms with Crippen molar-refractivity contribution in [3.63, 3.8) is 0 Å². The van der Waals surface area contributed by atoms with Crippen LogP contribution in [0.1, 0.15) is 35.9 Å². The molecule has 0 aromatic carbocycles. The maximum absolute atomic E-state index is 13.1. The number of nitrogens with one attached hydrogen (secondary N) is 1. The molecule has 0 radical (unpaired) electrons. The third-order valence-electron chi connectivity index (χ3n) is 1.76. The summed E-state index contributed by atoms with van der Waals surface area (Å²) in [5.74, 6) is -2.05. The Morgan fingerprint density at radius 2 is 2.38 bits per heavy atom. The molecule has 0 saturated heterocycles. The Labute approximate surface area is 74.8 Å². The molecular formula is C8H11FN2O2. The molecule has 0 saturated carbocycles. The number of carboxylic acids is 1. The normalized spacial score (nSPS) is 10.3. The van der Waals surface area contributed by atoms with Gasteiger partial charge in [-0.1, -0.05) is 13.3 Å². The molecule has 5 heteroatoms. The average molecular weight is 186 g/mol. The van der Waals surface area contributed by atoms with E-state index in [4.69, 9.17) is 5.11 Å². The van der Waals surface area contributed by atoms with Crippen molar-refractivity contribution in [3.8, 4) is 0 Å². The Balaban J connectivity index is 2.80. The summed E-state index contributed by atoms with van der Waals surface area (Å²) in [6.45, 7) is 1.97. The lowest BCUT2D eigenvalue weighted by Crippen LogP contribution is -1.99. The van der Waals surface area contributed by atoms with Gasteiger partial charge in [-0.05, 0) is 12.8 Å². The summed E-state index contributed by atoms with van der Waals surface area (Å²) in [5, 5.41) is 14.2. The number of unbranched alkanes of at least 4 members (excludes halogenated alkanes) is 1. The van der Waals surface area contributed by atoms with Crippen molar-refractivity contribution in [3.05, 3.63) is 17.2 Å². The molecule has 0 bridgehead atoms. The highest BCUT2D eigenvalue weighted by molar-refractivity contribution is 5.85. The second kappa shape index (κ2) is 4.02. The first-order valence-corrected chi connectivity index (χ1v) is 4.12. The summed E-state index contributed by atoms with van der Waals surface area (Å²) in [6.07, 6.45) is 2.21. The minimum absolute atomic E-state index is 0.208. The van der Waals surface area contributed by atoms with E-state index in [9.17, 15) is 9.18 Å². The average Bonchev–Trinajstić information content (AvgIpc) is 2.43. The number of aromatic amines is 1. The molecule has 0 aliphatic rings. The van der Waals surface area contributed by atoms with Crippen molar-refractivity contribution in [1.29, 1.82) is 0 Å². The number of halogens is 1. The molecule has 4 nitrogen and oxygen atoms in total. The molecule has 72 valence electrons. The maximum Gasteiger partial charge on any atom is 0.357 e. The highest BCUT2D eigenvalue weighted by Crippen LogP contribution is 2.11. The number of nitrogens with zero attached hydrogens (tertiary/aromatic N) is 1. The summed E-state index contributed by atoms with van der Waals surface area (Å²) < 4.78 is 13.1. The Bertz CT molecular complexity index is 309. The monoisotopic (exact) mass is 186 g/mol. The van der Waals surface area contributed by atoms with Crippen LogP contribution in [0.4, 0.5) is 4.39 Å². The minimum Gasteiger partial charge on any atom is -0.476 e. The fourth-order valence-electron chi connectivity index (χ4n) is 1.02. The summed E-state index contributed by atoms with van der Waals surface area (Å²) in [5.41, 5.74) is -0.245. The van der Waals surface area contributed by atoms with Crippen LogP contribution in [0, 0.1) is 5.82 Å². The Kier molecular flexibility index (Phi) is 3.00. The summed E-state index contributed by atoms with van der Waals surface area (Å²) in [6, 6.07) is 0. The molecule has 0 aliphatic heterocycles. The lowest BCUT2D eigenvalue weighted by Gasteiger charge is -1.92. The summed E-state index contributed by atoms with van der Waals surface area (Å²) in [4.78, 5) is 10.4. The van der Waals surface area contributed by atoms with Crippen LogP contribution in [0.5, 0.6) is 0 Å². The van der Waals surface area contributed by atoms with E-state index in [1.54, 1.807) is 0 Å². The molecule has 0 fully saturated rings. The van der Waals surface area contributed by atoms with Gasteiger partial charge >= 0.3 is 5.97 Å². The summed E-state index contributed by atoms with van der Waals surface area (Å²) in [7, 11) is 0. The van der Waals surface area contributed by atoms with Gasteiger partial charge in [0, 0.05) is 0 Å². The smallest absolute Gasteiger partial charge is 0.357 e. The molecule has 1 aromatic heterocycles. The van der Waals surface area contributed by atoms with Crippen molar-refractivity contribution in [1.82, 2.24) is 10.2 Å². The third-order valence-corrected chi connectivity index (χ3v) is 1.76. The number of hydrogen-bond donors (Lipinski definition) is 2. The highest BCUT2D eigenvalue weighted by atomic mass is 19.1. The molecule has 2 N–H and O–H groups in total. The maximum atomic E-state index is 13.1. The SMILES string of the molecule is CCCCc1n[nH]c(C(=O)O)c1F. The van der Waals surface area contributed by atoms with Gasteiger partial charge < -0.3 is 5.11 Å². The van der Waals surface area contributed by atoms with Crippen molar-refractivity contribution >= 4 is 5.97 Å². The first-order valence-electron chi connectivity index (χ1n) is 4.12. The minimum atomic E-state index is -1.31. The molecule has 1 rings (SSSR count).